The fraction of sp³-hybridized carbons (Fsp3) is 0.600. The van der Waals surface area contributed by atoms with Crippen molar-refractivity contribution in [1.82, 2.24) is 0 Å². The molecule has 0 bridgehead atoms. The van der Waals surface area contributed by atoms with Gasteiger partial charge in [-0.2, -0.15) is 0 Å². The highest BCUT2D eigenvalue weighted by Gasteiger charge is 2.16. The molecule has 0 amide bonds. The average Bonchev–Trinajstić information content (AvgIpc) is 1.58. The molecule has 1 unspecified atom stereocenters. The summed E-state index contributed by atoms with van der Waals surface area (Å²) in [6, 6.07) is 0. The van der Waals surface area contributed by atoms with E-state index in [1.807, 2.05) is 0 Å². The Kier molecular flexibility index (Phi) is 1.11. The Morgan fingerprint density at radius 1 is 2.00 bits per heavy atom. The van der Waals surface area contributed by atoms with Gasteiger partial charge in [0.2, 0.25) is 0 Å². The predicted octanol–water partition coefficient (Wildman–Crippen LogP) is 1.26. The first kappa shape index (κ1) is 4.78. The van der Waals surface area contributed by atoms with Crippen LogP contribution in [0, 0.1) is 0 Å². The van der Waals surface area contributed by atoms with E-state index in [1.165, 1.54) is 6.08 Å². The van der Waals surface area contributed by atoms with Gasteiger partial charge in [-0.05, 0) is 6.08 Å². The normalized spacial score (nSPS) is 28.9. The molecule has 0 aliphatic heterocycles. The maximum atomic E-state index is 11.7. The Morgan fingerprint density at radius 2 is 2.57 bits per heavy atom. The molecule has 0 N–H and O–H groups in total. The molecule has 0 aromatic heterocycles. The Labute approximate surface area is 41.8 Å². The van der Waals surface area contributed by atoms with Gasteiger partial charge in [0.1, 0.15) is 5.83 Å². The van der Waals surface area contributed by atoms with Crippen LogP contribution in [-0.4, -0.2) is 13.2 Å². The van der Waals surface area contributed by atoms with Crippen LogP contribution in [0.4, 0.5) is 4.39 Å². The van der Waals surface area contributed by atoms with Crippen molar-refractivity contribution in [2.75, 3.05) is 7.11 Å². The van der Waals surface area contributed by atoms with Gasteiger partial charge in [-0.15, -0.1) is 0 Å². The number of hydrogen-bond acceptors (Lipinski definition) is 1. The molecule has 1 aliphatic carbocycles. The van der Waals surface area contributed by atoms with Crippen molar-refractivity contribution in [3.8, 4) is 0 Å². The second kappa shape index (κ2) is 1.62. The SMILES string of the molecule is COC1C=C(F)C1. The number of ether oxygens (including phenoxy) is 1. The van der Waals surface area contributed by atoms with Crippen LogP contribution in [0.5, 0.6) is 0 Å². The van der Waals surface area contributed by atoms with Gasteiger partial charge in [-0.25, -0.2) is 4.39 Å². The van der Waals surface area contributed by atoms with Crippen molar-refractivity contribution in [1.29, 1.82) is 0 Å². The molecule has 2 heteroatoms. The van der Waals surface area contributed by atoms with Crippen LogP contribution in [0.25, 0.3) is 0 Å². The minimum Gasteiger partial charge on any atom is -0.377 e. The Morgan fingerprint density at radius 3 is 2.71 bits per heavy atom. The zero-order chi connectivity index (χ0) is 5.28. The van der Waals surface area contributed by atoms with E-state index in [9.17, 15) is 4.39 Å². The molecule has 0 aromatic carbocycles. The third kappa shape index (κ3) is 0.800. The van der Waals surface area contributed by atoms with Gasteiger partial charge in [0, 0.05) is 13.5 Å². The lowest BCUT2D eigenvalue weighted by atomic mass is 10.1. The summed E-state index contributed by atoms with van der Waals surface area (Å²) in [5.41, 5.74) is 0. The quantitative estimate of drug-likeness (QED) is 0.484. The first-order chi connectivity index (χ1) is 3.33. The van der Waals surface area contributed by atoms with Gasteiger partial charge in [0.15, 0.2) is 0 Å². The van der Waals surface area contributed by atoms with Crippen molar-refractivity contribution < 1.29 is 9.13 Å². The zero-order valence-electron chi connectivity index (χ0n) is 4.15. The second-order valence-electron chi connectivity index (χ2n) is 1.59. The van der Waals surface area contributed by atoms with Crippen LogP contribution in [0.3, 0.4) is 0 Å². The highest BCUT2D eigenvalue weighted by Crippen LogP contribution is 2.21. The van der Waals surface area contributed by atoms with Crippen LogP contribution < -0.4 is 0 Å². The summed E-state index contributed by atoms with van der Waals surface area (Å²) >= 11 is 0. The second-order valence-corrected chi connectivity index (χ2v) is 1.59. The average molecular weight is 102 g/mol. The molecule has 0 aromatic rings. The summed E-state index contributed by atoms with van der Waals surface area (Å²) in [5, 5.41) is 0. The van der Waals surface area contributed by atoms with Crippen molar-refractivity contribution >= 4 is 0 Å². The highest BCUT2D eigenvalue weighted by atomic mass is 19.1. The van der Waals surface area contributed by atoms with Crippen LogP contribution in [0.2, 0.25) is 0 Å². The van der Waals surface area contributed by atoms with Crippen LogP contribution in [0.1, 0.15) is 6.42 Å². The van der Waals surface area contributed by atoms with Crippen molar-refractivity contribution in [3.63, 3.8) is 0 Å². The summed E-state index contributed by atoms with van der Waals surface area (Å²) < 4.78 is 16.5. The smallest absolute Gasteiger partial charge is 0.101 e. The van der Waals surface area contributed by atoms with Gasteiger partial charge in [-0.1, -0.05) is 0 Å². The van der Waals surface area contributed by atoms with E-state index in [-0.39, 0.29) is 11.9 Å². The highest BCUT2D eigenvalue weighted by molar-refractivity contribution is 5.10. The standard InChI is InChI=1S/C5H7FO/c1-7-5-2-4(6)3-5/h2,5H,3H2,1H3. The van der Waals surface area contributed by atoms with Crippen LogP contribution in [0.15, 0.2) is 11.9 Å². The number of hydrogen-bond donors (Lipinski definition) is 0. The van der Waals surface area contributed by atoms with Gasteiger partial charge in [0.05, 0.1) is 6.10 Å². The fourth-order valence-electron chi connectivity index (χ4n) is 0.512. The summed E-state index contributed by atoms with van der Waals surface area (Å²) in [6.45, 7) is 0. The van der Waals surface area contributed by atoms with Crippen molar-refractivity contribution in [3.05, 3.63) is 11.9 Å². The molecular formula is C5H7FO. The molecule has 0 fully saturated rings. The van der Waals surface area contributed by atoms with Gasteiger partial charge >= 0.3 is 0 Å². The third-order valence-corrected chi connectivity index (χ3v) is 1.07. The number of halogens is 1. The lowest BCUT2D eigenvalue weighted by molar-refractivity contribution is 0.115. The molecule has 0 radical (unpaired) electrons. The van der Waals surface area contributed by atoms with E-state index in [4.69, 9.17) is 4.74 Å². The maximum Gasteiger partial charge on any atom is 0.101 e. The summed E-state index contributed by atoms with van der Waals surface area (Å²) in [7, 11) is 1.58. The molecule has 0 heterocycles. The predicted molar refractivity (Wildman–Crippen MR) is 24.6 cm³/mol. The molecule has 0 saturated heterocycles. The summed E-state index contributed by atoms with van der Waals surface area (Å²) in [6.07, 6.45) is 2.00. The van der Waals surface area contributed by atoms with E-state index in [0.29, 0.717) is 6.42 Å². The van der Waals surface area contributed by atoms with E-state index in [0.717, 1.165) is 0 Å². The molecule has 0 spiro atoms. The molecule has 1 aliphatic rings. The minimum atomic E-state index is -0.0492. The molecule has 1 atom stereocenters. The van der Waals surface area contributed by atoms with Crippen molar-refractivity contribution in [2.45, 2.75) is 12.5 Å². The van der Waals surface area contributed by atoms with Crippen molar-refractivity contribution in [2.24, 2.45) is 0 Å². The molecule has 1 nitrogen and oxygen atoms in total. The van der Waals surface area contributed by atoms with Gasteiger partial charge in [-0.3, -0.25) is 0 Å². The molecule has 7 heavy (non-hydrogen) atoms. The Balaban J connectivity index is 2.31. The molecular weight excluding hydrogens is 95.1 g/mol. The summed E-state index contributed by atoms with van der Waals surface area (Å²) in [4.78, 5) is 0. The maximum absolute atomic E-state index is 11.7. The van der Waals surface area contributed by atoms with E-state index in [1.54, 1.807) is 7.11 Å². The van der Waals surface area contributed by atoms with Gasteiger partial charge < -0.3 is 4.74 Å². The first-order valence-electron chi connectivity index (χ1n) is 2.22. The summed E-state index contributed by atoms with van der Waals surface area (Å²) in [5.74, 6) is -0.0492. The third-order valence-electron chi connectivity index (χ3n) is 1.07. The molecule has 40 valence electrons. The number of rotatable bonds is 1. The lowest BCUT2D eigenvalue weighted by Gasteiger charge is -2.16. The first-order valence-corrected chi connectivity index (χ1v) is 2.22. The topological polar surface area (TPSA) is 9.23 Å². The van der Waals surface area contributed by atoms with Gasteiger partial charge in [0.25, 0.3) is 0 Å². The van der Waals surface area contributed by atoms with E-state index in [2.05, 4.69) is 0 Å². The van der Waals surface area contributed by atoms with E-state index >= 15 is 0 Å². The van der Waals surface area contributed by atoms with Crippen LogP contribution in [-0.2, 0) is 4.74 Å². The largest absolute Gasteiger partial charge is 0.377 e. The number of methoxy groups -OCH3 is 1. The molecule has 1 rings (SSSR count). The molecule has 0 saturated carbocycles. The monoisotopic (exact) mass is 102 g/mol. The zero-order valence-corrected chi connectivity index (χ0v) is 4.15. The van der Waals surface area contributed by atoms with Crippen LogP contribution >= 0.6 is 0 Å². The Bertz CT molecular complexity index is 98.3. The fourth-order valence-corrected chi connectivity index (χ4v) is 0.512. The van der Waals surface area contributed by atoms with E-state index < -0.39 is 0 Å². The Hall–Kier alpha value is -0.370. The minimum absolute atomic E-state index is 0.0492. The lowest BCUT2D eigenvalue weighted by Crippen LogP contribution is -2.15.